The number of aliphatic hydroxyl groups excluding tert-OH is 2. The van der Waals surface area contributed by atoms with Crippen molar-refractivity contribution >= 4 is 34.9 Å². The van der Waals surface area contributed by atoms with Gasteiger partial charge in [-0.15, -0.1) is 0 Å². The first-order valence-corrected chi connectivity index (χ1v) is 13.2. The minimum absolute atomic E-state index is 0.0437. The van der Waals surface area contributed by atoms with E-state index in [2.05, 4.69) is 32.1 Å². The zero-order valence-corrected chi connectivity index (χ0v) is 22.2. The van der Waals surface area contributed by atoms with E-state index in [0.717, 1.165) is 12.8 Å². The van der Waals surface area contributed by atoms with E-state index >= 15 is 0 Å². The van der Waals surface area contributed by atoms with Crippen LogP contribution in [-0.4, -0.2) is 109 Å². The number of amides is 3. The number of nitrogens with zero attached hydrogens (tertiary/aromatic N) is 6. The smallest absolute Gasteiger partial charge is 0.411 e. The number of piperidine rings is 1. The maximum absolute atomic E-state index is 12.4. The lowest BCUT2D eigenvalue weighted by atomic mass is 9.94. The topological polar surface area (TPSA) is 198 Å². The zero-order valence-electron chi connectivity index (χ0n) is 22.2. The average molecular weight is 557 g/mol. The Hall–Kier alpha value is -4.00. The van der Waals surface area contributed by atoms with Gasteiger partial charge < -0.3 is 40.5 Å². The molecule has 0 saturated carbocycles. The number of ether oxygens (including phenoxy) is 2. The van der Waals surface area contributed by atoms with Gasteiger partial charge in [-0.05, 0) is 31.6 Å². The lowest BCUT2D eigenvalue weighted by Crippen LogP contribution is -2.54. The number of nitrogens with two attached hydrogens (primary N) is 1. The van der Waals surface area contributed by atoms with E-state index in [4.69, 9.17) is 15.2 Å². The largest absolute Gasteiger partial charge is 0.425 e. The van der Waals surface area contributed by atoms with Crippen LogP contribution in [0.25, 0.3) is 11.2 Å². The number of β-lactam (4-membered cyclic amide) rings is 1. The van der Waals surface area contributed by atoms with Crippen LogP contribution < -0.4 is 11.1 Å². The van der Waals surface area contributed by atoms with Crippen LogP contribution in [0.5, 0.6) is 0 Å². The third-order valence-electron chi connectivity index (χ3n) is 7.45. The Morgan fingerprint density at radius 3 is 2.67 bits per heavy atom. The maximum Gasteiger partial charge on any atom is 0.411 e. The van der Waals surface area contributed by atoms with Crippen LogP contribution in [0.4, 0.5) is 10.6 Å². The standard InChI is InChI=1S/C25H32N8O7/c1-3-27-23(37)20-18(35)19(36)24(40-20)33-12-28-17-21(26)29-14(30-22(17)33)6-4-5-13-7-9-32(10-8-13)25(38)39-16-11-15(34)31(16)2/h12-13,16,18-20,24,35-36H,3,5,7-11H2,1-2H3,(H,27,37)(H2,26,29,30)/t16?,18-,19?,20+,24-/m1/s1. The van der Waals surface area contributed by atoms with Crippen molar-refractivity contribution in [3.8, 4) is 11.8 Å². The van der Waals surface area contributed by atoms with Crippen molar-refractivity contribution in [2.75, 3.05) is 32.4 Å². The summed E-state index contributed by atoms with van der Waals surface area (Å²) < 4.78 is 12.5. The Bertz CT molecular complexity index is 1360. The molecule has 0 aromatic carbocycles. The van der Waals surface area contributed by atoms with Crippen molar-refractivity contribution in [3.05, 3.63) is 12.2 Å². The lowest BCUT2D eigenvalue weighted by molar-refractivity contribution is -0.161. The van der Waals surface area contributed by atoms with Gasteiger partial charge >= 0.3 is 6.09 Å². The number of carbonyl (C=O) groups is 3. The third-order valence-corrected chi connectivity index (χ3v) is 7.45. The summed E-state index contributed by atoms with van der Waals surface area (Å²) in [6.07, 6.45) is -2.47. The summed E-state index contributed by atoms with van der Waals surface area (Å²) in [4.78, 5) is 51.8. The van der Waals surface area contributed by atoms with Gasteiger partial charge in [0.05, 0.1) is 12.7 Å². The first-order valence-electron chi connectivity index (χ1n) is 13.2. The summed E-state index contributed by atoms with van der Waals surface area (Å²) in [6, 6.07) is 0. The van der Waals surface area contributed by atoms with Crippen molar-refractivity contribution in [2.24, 2.45) is 5.92 Å². The highest BCUT2D eigenvalue weighted by Crippen LogP contribution is 2.32. The van der Waals surface area contributed by atoms with Gasteiger partial charge in [0.15, 0.2) is 30.0 Å². The van der Waals surface area contributed by atoms with E-state index in [1.165, 1.54) is 15.8 Å². The number of rotatable bonds is 5. The van der Waals surface area contributed by atoms with Gasteiger partial charge in [-0.3, -0.25) is 14.2 Å². The minimum Gasteiger partial charge on any atom is -0.425 e. The highest BCUT2D eigenvalue weighted by molar-refractivity contribution is 5.84. The number of carbonyl (C=O) groups excluding carboxylic acids is 3. The number of likely N-dealkylation sites (tertiary alicyclic amines) is 2. The average Bonchev–Trinajstić information content (AvgIpc) is 3.49. The predicted molar refractivity (Wildman–Crippen MR) is 138 cm³/mol. The van der Waals surface area contributed by atoms with Crippen LogP contribution in [-0.2, 0) is 19.1 Å². The fraction of sp³-hybridized carbons (Fsp3) is 0.600. The van der Waals surface area contributed by atoms with Crippen molar-refractivity contribution in [1.82, 2.24) is 34.6 Å². The molecule has 15 heteroatoms. The van der Waals surface area contributed by atoms with Gasteiger partial charge in [0.1, 0.15) is 17.7 Å². The first-order chi connectivity index (χ1) is 19.2. The summed E-state index contributed by atoms with van der Waals surface area (Å²) in [5.74, 6) is 5.95. The highest BCUT2D eigenvalue weighted by atomic mass is 16.6. The molecular weight excluding hydrogens is 524 g/mol. The normalized spacial score (nSPS) is 26.8. The van der Waals surface area contributed by atoms with Crippen molar-refractivity contribution in [1.29, 1.82) is 0 Å². The van der Waals surface area contributed by atoms with Gasteiger partial charge in [0.25, 0.3) is 5.91 Å². The molecule has 5 atom stereocenters. The van der Waals surface area contributed by atoms with Crippen LogP contribution in [0.2, 0.25) is 0 Å². The van der Waals surface area contributed by atoms with Gasteiger partial charge in [0, 0.05) is 33.1 Å². The van der Waals surface area contributed by atoms with Crippen LogP contribution in [0.1, 0.15) is 44.7 Å². The molecule has 3 aliphatic heterocycles. The SMILES string of the molecule is CCNC(=O)[C@H]1O[C@@H](n2cnc3c(N)nc(C#CCC4CCN(C(=O)OC5CC(=O)N5C)CC4)nc32)C(O)[C@H]1O. The molecule has 2 aromatic heterocycles. The molecular formula is C25H32N8O7. The summed E-state index contributed by atoms with van der Waals surface area (Å²) in [6.45, 7) is 3.16. The summed E-state index contributed by atoms with van der Waals surface area (Å²) >= 11 is 0. The Morgan fingerprint density at radius 2 is 2.00 bits per heavy atom. The van der Waals surface area contributed by atoms with Gasteiger partial charge in [0.2, 0.25) is 11.7 Å². The molecule has 5 heterocycles. The molecule has 15 nitrogen and oxygen atoms in total. The van der Waals surface area contributed by atoms with Gasteiger partial charge in [-0.1, -0.05) is 5.92 Å². The Morgan fingerprint density at radius 1 is 1.25 bits per heavy atom. The number of aliphatic hydroxyl groups is 2. The lowest BCUT2D eigenvalue weighted by Gasteiger charge is -2.38. The quantitative estimate of drug-likeness (QED) is 0.259. The number of nitrogen functional groups attached to an aromatic ring is 1. The Kier molecular flexibility index (Phi) is 7.74. The number of nitrogens with one attached hydrogen (secondary N) is 1. The molecule has 214 valence electrons. The van der Waals surface area contributed by atoms with E-state index in [-0.39, 0.29) is 41.1 Å². The van der Waals surface area contributed by atoms with Crippen LogP contribution in [0, 0.1) is 17.8 Å². The molecule has 0 bridgehead atoms. The van der Waals surface area contributed by atoms with E-state index in [1.807, 2.05) is 0 Å². The van der Waals surface area contributed by atoms with Crippen molar-refractivity contribution in [2.45, 2.75) is 63.4 Å². The fourth-order valence-corrected chi connectivity index (χ4v) is 4.95. The highest BCUT2D eigenvalue weighted by Gasteiger charge is 2.47. The van der Waals surface area contributed by atoms with Crippen molar-refractivity contribution in [3.63, 3.8) is 0 Å². The Balaban J connectivity index is 1.21. The summed E-state index contributed by atoms with van der Waals surface area (Å²) in [5.41, 5.74) is 6.60. The summed E-state index contributed by atoms with van der Waals surface area (Å²) in [7, 11) is 1.61. The number of hydrogen-bond donors (Lipinski definition) is 4. The number of aromatic nitrogens is 4. The second-order valence-electron chi connectivity index (χ2n) is 10.1. The van der Waals surface area contributed by atoms with Crippen molar-refractivity contribution < 1.29 is 34.1 Å². The molecule has 2 aromatic rings. The number of imidazole rings is 1. The second kappa shape index (κ2) is 11.2. The van der Waals surface area contributed by atoms with E-state index < -0.39 is 42.8 Å². The minimum atomic E-state index is -1.44. The molecule has 2 unspecified atom stereocenters. The molecule has 3 amide bonds. The fourth-order valence-electron chi connectivity index (χ4n) is 4.95. The third kappa shape index (κ3) is 5.25. The molecule has 3 fully saturated rings. The van der Waals surface area contributed by atoms with Crippen LogP contribution in [0.3, 0.4) is 0 Å². The number of anilines is 1. The maximum atomic E-state index is 12.4. The molecule has 5 N–H and O–H groups in total. The van der Waals surface area contributed by atoms with Gasteiger partial charge in [-0.2, -0.15) is 0 Å². The molecule has 40 heavy (non-hydrogen) atoms. The van der Waals surface area contributed by atoms with Gasteiger partial charge in [-0.25, -0.2) is 19.7 Å². The Labute approximate surface area is 229 Å². The van der Waals surface area contributed by atoms with Crippen LogP contribution in [0.15, 0.2) is 6.33 Å². The monoisotopic (exact) mass is 556 g/mol. The summed E-state index contributed by atoms with van der Waals surface area (Å²) in [5, 5.41) is 23.5. The van der Waals surface area contributed by atoms with E-state index in [1.54, 1.807) is 18.9 Å². The van der Waals surface area contributed by atoms with E-state index in [9.17, 15) is 24.6 Å². The molecule has 3 aliphatic rings. The molecule has 0 spiro atoms. The number of hydrogen-bond acceptors (Lipinski definition) is 11. The molecule has 5 rings (SSSR count). The predicted octanol–water partition coefficient (Wildman–Crippen LogP) is -1.06. The first kappa shape index (κ1) is 27.6. The van der Waals surface area contributed by atoms with E-state index in [0.29, 0.717) is 26.1 Å². The zero-order chi connectivity index (χ0) is 28.6. The number of fused-ring (bicyclic) bond motifs is 1. The second-order valence-corrected chi connectivity index (χ2v) is 10.1. The molecule has 0 aliphatic carbocycles. The molecule has 0 radical (unpaired) electrons. The number of likely N-dealkylation sites (N-methyl/N-ethyl adjacent to an activating group) is 1. The molecule has 3 saturated heterocycles. The van der Waals surface area contributed by atoms with Crippen LogP contribution >= 0.6 is 0 Å².